The molecule has 1 aromatic heterocycles. The van der Waals surface area contributed by atoms with Crippen LogP contribution in [0.25, 0.3) is 10.9 Å². The van der Waals surface area contributed by atoms with Gasteiger partial charge in [0.2, 0.25) is 0 Å². The fraction of sp³-hybridized carbons (Fsp3) is 0.375. The van der Waals surface area contributed by atoms with Gasteiger partial charge in [-0.2, -0.15) is 0 Å². The minimum atomic E-state index is -0.178. The molecule has 0 saturated carbocycles. The van der Waals surface area contributed by atoms with Crippen molar-refractivity contribution in [2.75, 3.05) is 33.3 Å². The zero-order chi connectivity index (χ0) is 15.5. The Labute approximate surface area is 134 Å². The van der Waals surface area contributed by atoms with E-state index >= 15 is 0 Å². The highest BCUT2D eigenvalue weighted by atomic mass is 35.5. The molecule has 1 saturated heterocycles. The zero-order valence-electron chi connectivity index (χ0n) is 12.4. The molecule has 1 N–H and O–H groups in total. The third-order valence-corrected chi connectivity index (χ3v) is 3.96. The maximum atomic E-state index is 12.5. The summed E-state index contributed by atoms with van der Waals surface area (Å²) in [6.07, 6.45) is 1.69. The molecular formula is C16H18ClN3O2. The summed E-state index contributed by atoms with van der Waals surface area (Å²) in [6, 6.07) is 7.18. The molecule has 1 amide bonds. The van der Waals surface area contributed by atoms with E-state index in [1.807, 2.05) is 19.2 Å². The van der Waals surface area contributed by atoms with E-state index < -0.39 is 0 Å². The van der Waals surface area contributed by atoms with Crippen molar-refractivity contribution in [3.05, 3.63) is 41.0 Å². The van der Waals surface area contributed by atoms with Crippen LogP contribution in [0.2, 0.25) is 5.02 Å². The topological polar surface area (TPSA) is 54.5 Å². The van der Waals surface area contributed by atoms with Crippen LogP contribution in [0.15, 0.2) is 30.5 Å². The molecule has 1 aliphatic rings. The maximum Gasteiger partial charge on any atom is 0.253 e. The van der Waals surface area contributed by atoms with Crippen LogP contribution in [0.4, 0.5) is 0 Å². The average Bonchev–Trinajstić information content (AvgIpc) is 2.52. The summed E-state index contributed by atoms with van der Waals surface area (Å²) in [7, 11) is 2.05. The molecule has 0 aliphatic carbocycles. The number of aromatic nitrogens is 1. The van der Waals surface area contributed by atoms with Gasteiger partial charge in [0.1, 0.15) is 0 Å². The normalized spacial score (nSPS) is 19.3. The second kappa shape index (κ2) is 6.60. The molecule has 0 bridgehead atoms. The molecule has 2 aromatic rings. The Hall–Kier alpha value is -1.69. The van der Waals surface area contributed by atoms with Gasteiger partial charge in [0.25, 0.3) is 5.91 Å². The van der Waals surface area contributed by atoms with E-state index in [1.165, 1.54) is 0 Å². The third kappa shape index (κ3) is 3.38. The van der Waals surface area contributed by atoms with E-state index in [9.17, 15) is 4.79 Å². The van der Waals surface area contributed by atoms with Crippen molar-refractivity contribution in [2.45, 2.75) is 6.10 Å². The van der Waals surface area contributed by atoms with Crippen molar-refractivity contribution < 1.29 is 9.53 Å². The molecular weight excluding hydrogens is 302 g/mol. The SMILES string of the molecule is CN1CCO[C@H](CNC(=O)c2cc(Cl)cc3cccnc23)C1. The lowest BCUT2D eigenvalue weighted by atomic mass is 10.1. The number of carbonyl (C=O) groups excluding carboxylic acids is 1. The molecule has 0 spiro atoms. The Balaban J connectivity index is 1.75. The summed E-state index contributed by atoms with van der Waals surface area (Å²) in [5, 5.41) is 4.30. The fourth-order valence-electron chi connectivity index (χ4n) is 2.62. The summed E-state index contributed by atoms with van der Waals surface area (Å²) in [5.41, 5.74) is 1.15. The number of fused-ring (bicyclic) bond motifs is 1. The second-order valence-corrected chi connectivity index (χ2v) is 5.93. The van der Waals surface area contributed by atoms with Gasteiger partial charge in [-0.25, -0.2) is 0 Å². The van der Waals surface area contributed by atoms with Crippen LogP contribution < -0.4 is 5.32 Å². The van der Waals surface area contributed by atoms with Gasteiger partial charge in [-0.3, -0.25) is 9.78 Å². The van der Waals surface area contributed by atoms with Crippen molar-refractivity contribution in [1.29, 1.82) is 0 Å². The minimum absolute atomic E-state index is 0.0149. The van der Waals surface area contributed by atoms with Crippen LogP contribution in [-0.4, -0.2) is 55.2 Å². The van der Waals surface area contributed by atoms with Gasteiger partial charge in [-0.05, 0) is 25.2 Å². The number of pyridine rings is 1. The number of morpholine rings is 1. The molecule has 116 valence electrons. The molecule has 5 nitrogen and oxygen atoms in total. The van der Waals surface area contributed by atoms with Gasteiger partial charge >= 0.3 is 0 Å². The number of amides is 1. The summed E-state index contributed by atoms with van der Waals surface area (Å²) in [6.45, 7) is 2.91. The standard InChI is InChI=1S/C16H18ClN3O2/c1-20-5-6-22-13(10-20)9-19-16(21)14-8-12(17)7-11-3-2-4-18-15(11)14/h2-4,7-8,13H,5-6,9-10H2,1H3,(H,19,21)/t13-/m1/s1. The van der Waals surface area contributed by atoms with Gasteiger partial charge in [-0.1, -0.05) is 17.7 Å². The minimum Gasteiger partial charge on any atom is -0.374 e. The van der Waals surface area contributed by atoms with E-state index in [0.717, 1.165) is 18.5 Å². The van der Waals surface area contributed by atoms with E-state index in [-0.39, 0.29) is 12.0 Å². The van der Waals surface area contributed by atoms with Crippen molar-refractivity contribution in [3.63, 3.8) is 0 Å². The number of nitrogens with zero attached hydrogens (tertiary/aromatic N) is 2. The van der Waals surface area contributed by atoms with Crippen LogP contribution in [0, 0.1) is 0 Å². The molecule has 1 fully saturated rings. The lowest BCUT2D eigenvalue weighted by molar-refractivity contribution is -0.0174. The first-order valence-corrected chi connectivity index (χ1v) is 7.64. The highest BCUT2D eigenvalue weighted by molar-refractivity contribution is 6.32. The molecule has 3 rings (SSSR count). The van der Waals surface area contributed by atoms with Crippen molar-refractivity contribution in [1.82, 2.24) is 15.2 Å². The lowest BCUT2D eigenvalue weighted by Gasteiger charge is -2.30. The highest BCUT2D eigenvalue weighted by Crippen LogP contribution is 2.22. The van der Waals surface area contributed by atoms with Crippen LogP contribution in [0.3, 0.4) is 0 Å². The first kappa shape index (κ1) is 15.2. The Bertz CT molecular complexity index is 692. The predicted octanol–water partition coefficient (Wildman–Crippen LogP) is 1.95. The van der Waals surface area contributed by atoms with Gasteiger partial charge in [0.05, 0.1) is 23.8 Å². The summed E-state index contributed by atoms with van der Waals surface area (Å²) < 4.78 is 5.65. The van der Waals surface area contributed by atoms with Crippen LogP contribution >= 0.6 is 11.6 Å². The smallest absolute Gasteiger partial charge is 0.253 e. The molecule has 1 atom stereocenters. The van der Waals surface area contributed by atoms with E-state index in [1.54, 1.807) is 18.3 Å². The van der Waals surface area contributed by atoms with Crippen molar-refractivity contribution in [3.8, 4) is 0 Å². The highest BCUT2D eigenvalue weighted by Gasteiger charge is 2.19. The Morgan fingerprint density at radius 3 is 3.23 bits per heavy atom. The van der Waals surface area contributed by atoms with Crippen LogP contribution in [-0.2, 0) is 4.74 Å². The third-order valence-electron chi connectivity index (χ3n) is 3.75. The fourth-order valence-corrected chi connectivity index (χ4v) is 2.85. The largest absolute Gasteiger partial charge is 0.374 e. The maximum absolute atomic E-state index is 12.5. The number of benzene rings is 1. The van der Waals surface area contributed by atoms with Gasteiger partial charge in [0, 0.05) is 36.2 Å². The molecule has 0 unspecified atom stereocenters. The molecule has 2 heterocycles. The number of nitrogens with one attached hydrogen (secondary N) is 1. The second-order valence-electron chi connectivity index (χ2n) is 5.49. The number of rotatable bonds is 3. The molecule has 1 aromatic carbocycles. The number of hydrogen-bond acceptors (Lipinski definition) is 4. The summed E-state index contributed by atoms with van der Waals surface area (Å²) in [5.74, 6) is -0.178. The van der Waals surface area contributed by atoms with Crippen LogP contribution in [0.1, 0.15) is 10.4 Å². The summed E-state index contributed by atoms with van der Waals surface area (Å²) >= 11 is 6.10. The van der Waals surface area contributed by atoms with Gasteiger partial charge < -0.3 is 15.0 Å². The predicted molar refractivity (Wildman–Crippen MR) is 86.3 cm³/mol. The molecule has 6 heteroatoms. The number of likely N-dealkylation sites (N-methyl/N-ethyl adjacent to an activating group) is 1. The first-order valence-electron chi connectivity index (χ1n) is 7.26. The van der Waals surface area contributed by atoms with E-state index in [4.69, 9.17) is 16.3 Å². The lowest BCUT2D eigenvalue weighted by Crippen LogP contribution is -2.45. The average molecular weight is 320 g/mol. The Morgan fingerprint density at radius 1 is 1.55 bits per heavy atom. The Kier molecular flexibility index (Phi) is 4.57. The first-order chi connectivity index (χ1) is 10.6. The van der Waals surface area contributed by atoms with Crippen molar-refractivity contribution >= 4 is 28.4 Å². The van der Waals surface area contributed by atoms with Gasteiger partial charge in [0.15, 0.2) is 0 Å². The van der Waals surface area contributed by atoms with E-state index in [0.29, 0.717) is 29.3 Å². The number of carbonyl (C=O) groups is 1. The quantitative estimate of drug-likeness (QED) is 0.939. The Morgan fingerprint density at radius 2 is 2.41 bits per heavy atom. The number of ether oxygens (including phenoxy) is 1. The summed E-state index contributed by atoms with van der Waals surface area (Å²) in [4.78, 5) is 18.9. The van der Waals surface area contributed by atoms with E-state index in [2.05, 4.69) is 15.2 Å². The number of halogens is 1. The van der Waals surface area contributed by atoms with Crippen molar-refractivity contribution in [2.24, 2.45) is 0 Å². The molecule has 22 heavy (non-hydrogen) atoms. The zero-order valence-corrected chi connectivity index (χ0v) is 13.1. The van der Waals surface area contributed by atoms with Crippen LogP contribution in [0.5, 0.6) is 0 Å². The molecule has 1 aliphatic heterocycles. The monoisotopic (exact) mass is 319 g/mol. The van der Waals surface area contributed by atoms with Gasteiger partial charge in [-0.15, -0.1) is 0 Å². The molecule has 0 radical (unpaired) electrons. The number of hydrogen-bond donors (Lipinski definition) is 1.